The average molecular weight is 421 g/mol. The number of sulfonamides is 1. The molecular weight excluding hydrogens is 396 g/mol. The van der Waals surface area contributed by atoms with Crippen molar-refractivity contribution in [1.82, 2.24) is 0 Å². The number of nitrogens with zero attached hydrogens (tertiary/aromatic N) is 1. The highest BCUT2D eigenvalue weighted by molar-refractivity contribution is 7.92. The van der Waals surface area contributed by atoms with Crippen LogP contribution in [0.15, 0.2) is 72.8 Å². The van der Waals surface area contributed by atoms with E-state index < -0.39 is 10.0 Å². The molecule has 0 saturated carbocycles. The molecule has 0 bridgehead atoms. The molecular formula is C24H24N2O3S. The lowest BCUT2D eigenvalue weighted by molar-refractivity contribution is -0.115. The minimum Gasteiger partial charge on any atom is -0.326 e. The molecule has 0 aromatic heterocycles. The van der Waals surface area contributed by atoms with Gasteiger partial charge in [-0.05, 0) is 47.2 Å². The Kier molecular flexibility index (Phi) is 5.59. The van der Waals surface area contributed by atoms with Crippen LogP contribution >= 0.6 is 0 Å². The minimum atomic E-state index is -3.34. The van der Waals surface area contributed by atoms with Crippen molar-refractivity contribution in [1.29, 1.82) is 0 Å². The highest BCUT2D eigenvalue weighted by Gasteiger charge is 2.24. The molecule has 0 spiro atoms. The van der Waals surface area contributed by atoms with Crippen molar-refractivity contribution in [2.24, 2.45) is 0 Å². The summed E-state index contributed by atoms with van der Waals surface area (Å²) in [5.41, 5.74) is 5.42. The second kappa shape index (κ2) is 8.32. The third kappa shape index (κ3) is 4.54. The summed E-state index contributed by atoms with van der Waals surface area (Å²) < 4.78 is 25.6. The van der Waals surface area contributed by atoms with E-state index in [1.54, 1.807) is 6.07 Å². The maximum absolute atomic E-state index is 12.5. The standard InChI is InChI=1S/C24H24N2O3S/c1-30(28,29)26-15-5-8-21-13-14-22(17-23(21)26)25-24(27)16-18-9-11-20(12-10-18)19-6-3-2-4-7-19/h2-4,6-7,9-14,17H,5,8,15-16H2,1H3,(H,25,27). The summed E-state index contributed by atoms with van der Waals surface area (Å²) in [6.45, 7) is 0.469. The first-order valence-electron chi connectivity index (χ1n) is 9.95. The monoisotopic (exact) mass is 420 g/mol. The summed E-state index contributed by atoms with van der Waals surface area (Å²) in [4.78, 5) is 12.5. The van der Waals surface area contributed by atoms with Gasteiger partial charge in [-0.1, -0.05) is 60.7 Å². The highest BCUT2D eigenvalue weighted by Crippen LogP contribution is 2.31. The number of hydrogen-bond acceptors (Lipinski definition) is 3. The Labute approximate surface area is 177 Å². The van der Waals surface area contributed by atoms with Crippen LogP contribution in [0.3, 0.4) is 0 Å². The predicted molar refractivity (Wildman–Crippen MR) is 121 cm³/mol. The Bertz CT molecular complexity index is 1160. The van der Waals surface area contributed by atoms with Crippen molar-refractivity contribution in [2.45, 2.75) is 19.3 Å². The zero-order valence-corrected chi connectivity index (χ0v) is 17.7. The highest BCUT2D eigenvalue weighted by atomic mass is 32.2. The van der Waals surface area contributed by atoms with E-state index in [0.29, 0.717) is 17.9 Å². The molecule has 3 aromatic rings. The summed E-state index contributed by atoms with van der Waals surface area (Å²) in [6.07, 6.45) is 3.10. The summed E-state index contributed by atoms with van der Waals surface area (Å²) in [7, 11) is -3.34. The van der Waals surface area contributed by atoms with E-state index in [2.05, 4.69) is 17.4 Å². The van der Waals surface area contributed by atoms with E-state index in [9.17, 15) is 13.2 Å². The molecule has 30 heavy (non-hydrogen) atoms. The lowest BCUT2D eigenvalue weighted by atomic mass is 10.0. The fourth-order valence-corrected chi connectivity index (χ4v) is 4.79. The van der Waals surface area contributed by atoms with Gasteiger partial charge < -0.3 is 5.32 Å². The molecule has 0 atom stereocenters. The number of benzene rings is 3. The molecule has 6 heteroatoms. The third-order valence-corrected chi connectivity index (χ3v) is 6.45. The lowest BCUT2D eigenvalue weighted by Crippen LogP contribution is -2.34. The van der Waals surface area contributed by atoms with E-state index in [-0.39, 0.29) is 12.3 Å². The Balaban J connectivity index is 1.46. The normalized spacial score (nSPS) is 13.6. The Morgan fingerprint density at radius 1 is 0.967 bits per heavy atom. The fourth-order valence-electron chi connectivity index (χ4n) is 3.80. The van der Waals surface area contributed by atoms with Gasteiger partial charge in [0.2, 0.25) is 15.9 Å². The van der Waals surface area contributed by atoms with Gasteiger partial charge in [0.15, 0.2) is 0 Å². The van der Waals surface area contributed by atoms with Gasteiger partial charge in [-0.25, -0.2) is 8.42 Å². The van der Waals surface area contributed by atoms with Crippen LogP contribution in [-0.2, 0) is 27.7 Å². The molecule has 3 aromatic carbocycles. The number of carbonyl (C=O) groups excluding carboxylic acids is 1. The predicted octanol–water partition coefficient (Wildman–Crippen LogP) is 4.25. The molecule has 154 valence electrons. The number of rotatable bonds is 5. The molecule has 0 unspecified atom stereocenters. The number of fused-ring (bicyclic) bond motifs is 1. The van der Waals surface area contributed by atoms with E-state index in [1.165, 1.54) is 10.6 Å². The zero-order chi connectivity index (χ0) is 21.1. The maximum Gasteiger partial charge on any atom is 0.232 e. The van der Waals surface area contributed by atoms with E-state index in [1.807, 2.05) is 54.6 Å². The largest absolute Gasteiger partial charge is 0.326 e. The van der Waals surface area contributed by atoms with Crippen molar-refractivity contribution >= 4 is 27.3 Å². The number of carbonyl (C=O) groups is 1. The van der Waals surface area contributed by atoms with Crippen LogP contribution in [0.4, 0.5) is 11.4 Å². The van der Waals surface area contributed by atoms with Gasteiger partial charge in [0.05, 0.1) is 18.4 Å². The van der Waals surface area contributed by atoms with Crippen molar-refractivity contribution in [2.75, 3.05) is 22.4 Å². The van der Waals surface area contributed by atoms with Gasteiger partial charge in [0.25, 0.3) is 0 Å². The van der Waals surface area contributed by atoms with E-state index in [0.717, 1.165) is 35.1 Å². The first-order valence-corrected chi connectivity index (χ1v) is 11.8. The Morgan fingerprint density at radius 3 is 2.37 bits per heavy atom. The van der Waals surface area contributed by atoms with Crippen LogP contribution in [0, 0.1) is 0 Å². The summed E-state index contributed by atoms with van der Waals surface area (Å²) >= 11 is 0. The molecule has 1 aliphatic heterocycles. The molecule has 0 radical (unpaired) electrons. The Hall–Kier alpha value is -3.12. The second-order valence-electron chi connectivity index (χ2n) is 7.57. The first-order chi connectivity index (χ1) is 14.4. The average Bonchev–Trinajstić information content (AvgIpc) is 2.73. The zero-order valence-electron chi connectivity index (χ0n) is 16.8. The summed E-state index contributed by atoms with van der Waals surface area (Å²) in [5.74, 6) is -0.135. The molecule has 5 nitrogen and oxygen atoms in total. The van der Waals surface area contributed by atoms with Crippen molar-refractivity contribution in [3.63, 3.8) is 0 Å². The molecule has 1 amide bonds. The molecule has 1 heterocycles. The quantitative estimate of drug-likeness (QED) is 0.671. The van der Waals surface area contributed by atoms with Gasteiger partial charge in [-0.3, -0.25) is 9.10 Å². The number of nitrogens with one attached hydrogen (secondary N) is 1. The Morgan fingerprint density at radius 2 is 1.67 bits per heavy atom. The SMILES string of the molecule is CS(=O)(=O)N1CCCc2ccc(NC(=O)Cc3ccc(-c4ccccc4)cc3)cc21. The van der Waals surface area contributed by atoms with E-state index >= 15 is 0 Å². The van der Waals surface area contributed by atoms with Crippen LogP contribution in [-0.4, -0.2) is 27.1 Å². The van der Waals surface area contributed by atoms with Gasteiger partial charge in [0, 0.05) is 12.2 Å². The second-order valence-corrected chi connectivity index (χ2v) is 9.48. The lowest BCUT2D eigenvalue weighted by Gasteiger charge is -2.29. The van der Waals surface area contributed by atoms with Crippen molar-refractivity contribution in [3.8, 4) is 11.1 Å². The van der Waals surface area contributed by atoms with Crippen molar-refractivity contribution in [3.05, 3.63) is 83.9 Å². The van der Waals surface area contributed by atoms with Gasteiger partial charge in [-0.15, -0.1) is 0 Å². The van der Waals surface area contributed by atoms with Gasteiger partial charge >= 0.3 is 0 Å². The molecule has 0 aliphatic carbocycles. The summed E-state index contributed by atoms with van der Waals surface area (Å²) in [5, 5.41) is 2.90. The van der Waals surface area contributed by atoms with Crippen LogP contribution in [0.25, 0.3) is 11.1 Å². The minimum absolute atomic E-state index is 0.135. The van der Waals surface area contributed by atoms with Crippen LogP contribution in [0.1, 0.15) is 17.5 Å². The molecule has 0 fully saturated rings. The fraction of sp³-hybridized carbons (Fsp3) is 0.208. The van der Waals surface area contributed by atoms with Gasteiger partial charge in [0.1, 0.15) is 0 Å². The van der Waals surface area contributed by atoms with Crippen LogP contribution in [0.2, 0.25) is 0 Å². The van der Waals surface area contributed by atoms with Crippen LogP contribution < -0.4 is 9.62 Å². The van der Waals surface area contributed by atoms with Crippen molar-refractivity contribution < 1.29 is 13.2 Å². The van der Waals surface area contributed by atoms with Gasteiger partial charge in [-0.2, -0.15) is 0 Å². The molecule has 1 aliphatic rings. The van der Waals surface area contributed by atoms with E-state index in [4.69, 9.17) is 0 Å². The summed E-state index contributed by atoms with van der Waals surface area (Å²) in [6, 6.07) is 23.5. The number of hydrogen-bond donors (Lipinski definition) is 1. The molecule has 0 saturated heterocycles. The first kappa shape index (κ1) is 20.2. The third-order valence-electron chi connectivity index (χ3n) is 5.27. The number of anilines is 2. The van der Waals surface area contributed by atoms with Crippen LogP contribution in [0.5, 0.6) is 0 Å². The molecule has 1 N–H and O–H groups in total. The number of aryl methyl sites for hydroxylation is 1. The topological polar surface area (TPSA) is 66.5 Å². The molecule has 4 rings (SSSR count). The smallest absolute Gasteiger partial charge is 0.232 e. The number of amides is 1. The maximum atomic E-state index is 12.5.